The molecular formula is C12H12ClF3N2S. The monoisotopic (exact) mass is 308 g/mol. The summed E-state index contributed by atoms with van der Waals surface area (Å²) in [5, 5.41) is 3.58. The lowest BCUT2D eigenvalue weighted by Gasteiger charge is -2.11. The molecule has 1 aromatic rings. The summed E-state index contributed by atoms with van der Waals surface area (Å²) in [7, 11) is 0. The Labute approximate surface area is 118 Å². The lowest BCUT2D eigenvalue weighted by atomic mass is 10.2. The Morgan fingerprint density at radius 3 is 2.74 bits per heavy atom. The molecule has 1 aliphatic rings. The van der Waals surface area contributed by atoms with E-state index in [0.29, 0.717) is 10.9 Å². The summed E-state index contributed by atoms with van der Waals surface area (Å²) < 4.78 is 38.0. The van der Waals surface area contributed by atoms with E-state index in [1.807, 2.05) is 6.92 Å². The Bertz CT molecular complexity index is 502. The zero-order chi connectivity index (χ0) is 14.0. The van der Waals surface area contributed by atoms with E-state index in [-0.39, 0.29) is 11.1 Å². The first-order valence-corrected chi connectivity index (χ1v) is 7.10. The van der Waals surface area contributed by atoms with Crippen molar-refractivity contribution in [3.05, 3.63) is 28.8 Å². The number of benzene rings is 1. The molecule has 104 valence electrons. The molecule has 0 radical (unpaired) electrons. The predicted molar refractivity (Wildman–Crippen MR) is 74.0 cm³/mol. The fourth-order valence-electron chi connectivity index (χ4n) is 1.64. The molecule has 1 aromatic carbocycles. The van der Waals surface area contributed by atoms with Crippen LogP contribution in [-0.4, -0.2) is 17.0 Å². The van der Waals surface area contributed by atoms with E-state index >= 15 is 0 Å². The summed E-state index contributed by atoms with van der Waals surface area (Å²) in [5.74, 6) is 0.853. The molecule has 0 bridgehead atoms. The highest BCUT2D eigenvalue weighted by Gasteiger charge is 2.31. The second kappa shape index (κ2) is 5.63. The molecule has 0 aliphatic carbocycles. The molecule has 0 spiro atoms. The normalized spacial score (nSPS) is 19.4. The summed E-state index contributed by atoms with van der Waals surface area (Å²) in [6.07, 6.45) is -3.49. The van der Waals surface area contributed by atoms with Gasteiger partial charge < -0.3 is 5.32 Å². The first-order chi connectivity index (χ1) is 8.88. The zero-order valence-corrected chi connectivity index (χ0v) is 11.7. The third kappa shape index (κ3) is 3.79. The molecule has 1 atom stereocenters. The second-order valence-corrected chi connectivity index (χ2v) is 5.60. The molecule has 2 nitrogen and oxygen atoms in total. The third-order valence-electron chi connectivity index (χ3n) is 2.66. The van der Waals surface area contributed by atoms with E-state index < -0.39 is 11.7 Å². The fourth-order valence-corrected chi connectivity index (χ4v) is 2.95. The number of hydrogen-bond donors (Lipinski definition) is 1. The minimum atomic E-state index is -4.40. The molecule has 19 heavy (non-hydrogen) atoms. The summed E-state index contributed by atoms with van der Waals surface area (Å²) in [6.45, 7) is 2.03. The van der Waals surface area contributed by atoms with E-state index in [9.17, 15) is 13.2 Å². The van der Waals surface area contributed by atoms with Crippen molar-refractivity contribution in [2.45, 2.75) is 25.6 Å². The lowest BCUT2D eigenvalue weighted by molar-refractivity contribution is -0.137. The van der Waals surface area contributed by atoms with Gasteiger partial charge in [-0.15, -0.1) is 0 Å². The van der Waals surface area contributed by atoms with Gasteiger partial charge in [-0.2, -0.15) is 13.2 Å². The quantitative estimate of drug-likeness (QED) is 0.860. The van der Waals surface area contributed by atoms with Crippen LogP contribution in [0.4, 0.5) is 18.9 Å². The molecule has 1 N–H and O–H groups in total. The first-order valence-electron chi connectivity index (χ1n) is 5.74. The smallest absolute Gasteiger partial charge is 0.335 e. The SMILES string of the molecule is CCC1CSC(Nc2cc(Cl)cc(C(F)(F)F)c2)=N1. The van der Waals surface area contributed by atoms with Gasteiger partial charge in [-0.05, 0) is 24.6 Å². The number of rotatable bonds is 2. The molecule has 0 saturated heterocycles. The number of amidine groups is 1. The van der Waals surface area contributed by atoms with Crippen LogP contribution in [-0.2, 0) is 6.18 Å². The average molecular weight is 309 g/mol. The minimum Gasteiger partial charge on any atom is -0.335 e. The van der Waals surface area contributed by atoms with Crippen LogP contribution >= 0.6 is 23.4 Å². The number of nitrogens with one attached hydrogen (secondary N) is 1. The van der Waals surface area contributed by atoms with Gasteiger partial charge in [0, 0.05) is 16.5 Å². The Kier molecular flexibility index (Phi) is 4.30. The van der Waals surface area contributed by atoms with Crippen LogP contribution in [0.25, 0.3) is 0 Å². The zero-order valence-electron chi connectivity index (χ0n) is 10.1. The summed E-state index contributed by atoms with van der Waals surface area (Å²) in [5.41, 5.74) is -0.457. The summed E-state index contributed by atoms with van der Waals surface area (Å²) in [6, 6.07) is 3.63. The number of aliphatic imine (C=N–C) groups is 1. The highest BCUT2D eigenvalue weighted by molar-refractivity contribution is 8.14. The van der Waals surface area contributed by atoms with E-state index in [1.165, 1.54) is 17.8 Å². The maximum Gasteiger partial charge on any atom is 0.416 e. The maximum atomic E-state index is 12.7. The van der Waals surface area contributed by atoms with E-state index in [4.69, 9.17) is 11.6 Å². The molecule has 1 aliphatic heterocycles. The Balaban J connectivity index is 2.19. The molecule has 7 heteroatoms. The standard InChI is InChI=1S/C12H12ClF3N2S/c1-2-9-6-19-11(17-9)18-10-4-7(12(14,15)16)3-8(13)5-10/h3-5,9H,2,6H2,1H3,(H,17,18). The predicted octanol–water partition coefficient (Wildman–Crippen LogP) is 4.65. The van der Waals surface area contributed by atoms with Gasteiger partial charge in [0.2, 0.25) is 0 Å². The minimum absolute atomic E-state index is 0.0490. The number of nitrogens with zero attached hydrogens (tertiary/aromatic N) is 1. The Morgan fingerprint density at radius 1 is 1.42 bits per heavy atom. The van der Waals surface area contributed by atoms with Gasteiger partial charge in [-0.25, -0.2) is 0 Å². The molecule has 0 amide bonds. The van der Waals surface area contributed by atoms with Crippen molar-refractivity contribution in [1.29, 1.82) is 0 Å². The molecule has 0 fully saturated rings. The molecule has 0 saturated carbocycles. The van der Waals surface area contributed by atoms with Gasteiger partial charge >= 0.3 is 6.18 Å². The van der Waals surface area contributed by atoms with Crippen LogP contribution in [0, 0.1) is 0 Å². The van der Waals surface area contributed by atoms with E-state index in [0.717, 1.165) is 24.3 Å². The summed E-state index contributed by atoms with van der Waals surface area (Å²) >= 11 is 7.21. The van der Waals surface area contributed by atoms with Crippen molar-refractivity contribution in [3.8, 4) is 0 Å². The topological polar surface area (TPSA) is 24.4 Å². The highest BCUT2D eigenvalue weighted by atomic mass is 35.5. The molecular weight excluding hydrogens is 297 g/mol. The van der Waals surface area contributed by atoms with Crippen molar-refractivity contribution >= 4 is 34.2 Å². The number of thioether (sulfide) groups is 1. The van der Waals surface area contributed by atoms with Gasteiger partial charge in [-0.3, -0.25) is 4.99 Å². The van der Waals surface area contributed by atoms with Gasteiger partial charge in [0.15, 0.2) is 5.17 Å². The van der Waals surface area contributed by atoms with Crippen LogP contribution in [0.15, 0.2) is 23.2 Å². The molecule has 0 aromatic heterocycles. The average Bonchev–Trinajstić information content (AvgIpc) is 2.75. The Morgan fingerprint density at radius 2 is 2.16 bits per heavy atom. The van der Waals surface area contributed by atoms with Crippen molar-refractivity contribution in [2.24, 2.45) is 4.99 Å². The maximum absolute atomic E-state index is 12.7. The van der Waals surface area contributed by atoms with Crippen LogP contribution in [0.3, 0.4) is 0 Å². The van der Waals surface area contributed by atoms with Gasteiger partial charge in [0.1, 0.15) is 0 Å². The van der Waals surface area contributed by atoms with Crippen molar-refractivity contribution in [1.82, 2.24) is 0 Å². The lowest BCUT2D eigenvalue weighted by Crippen LogP contribution is -2.09. The molecule has 1 heterocycles. The number of alkyl halides is 3. The van der Waals surface area contributed by atoms with Gasteiger partial charge in [-0.1, -0.05) is 30.3 Å². The van der Waals surface area contributed by atoms with Gasteiger partial charge in [0.05, 0.1) is 11.6 Å². The third-order valence-corrected chi connectivity index (χ3v) is 3.91. The van der Waals surface area contributed by atoms with E-state index in [2.05, 4.69) is 10.3 Å². The van der Waals surface area contributed by atoms with Crippen LogP contribution in [0.5, 0.6) is 0 Å². The van der Waals surface area contributed by atoms with Crippen molar-refractivity contribution in [3.63, 3.8) is 0 Å². The highest BCUT2D eigenvalue weighted by Crippen LogP contribution is 2.33. The van der Waals surface area contributed by atoms with Gasteiger partial charge in [0.25, 0.3) is 0 Å². The number of halogens is 4. The number of hydrogen-bond acceptors (Lipinski definition) is 3. The Hall–Kier alpha value is -0.880. The molecule has 1 unspecified atom stereocenters. The van der Waals surface area contributed by atoms with Crippen molar-refractivity contribution in [2.75, 3.05) is 11.1 Å². The van der Waals surface area contributed by atoms with Crippen LogP contribution in [0.1, 0.15) is 18.9 Å². The van der Waals surface area contributed by atoms with Crippen LogP contribution in [0.2, 0.25) is 5.02 Å². The fraction of sp³-hybridized carbons (Fsp3) is 0.417. The largest absolute Gasteiger partial charge is 0.416 e. The summed E-state index contributed by atoms with van der Waals surface area (Å²) in [4.78, 5) is 4.37. The second-order valence-electron chi connectivity index (χ2n) is 4.16. The van der Waals surface area contributed by atoms with Crippen molar-refractivity contribution < 1.29 is 13.2 Å². The van der Waals surface area contributed by atoms with E-state index in [1.54, 1.807) is 0 Å². The van der Waals surface area contributed by atoms with Crippen LogP contribution < -0.4 is 5.32 Å². The molecule has 2 rings (SSSR count). The number of anilines is 1. The first kappa shape index (κ1) is 14.5.